The molecule has 0 radical (unpaired) electrons. The number of piperidine rings is 1. The number of carbonyl (C=O) groups excluding carboxylic acids is 1. The van der Waals surface area contributed by atoms with Crippen LogP contribution in [0, 0.1) is 5.92 Å². The lowest BCUT2D eigenvalue weighted by molar-refractivity contribution is 0.0697. The lowest BCUT2D eigenvalue weighted by Crippen LogP contribution is -2.47. The van der Waals surface area contributed by atoms with Gasteiger partial charge in [0.25, 0.3) is 5.91 Å². The molecule has 1 aliphatic heterocycles. The van der Waals surface area contributed by atoms with Crippen molar-refractivity contribution in [2.24, 2.45) is 5.92 Å². The van der Waals surface area contributed by atoms with Crippen LogP contribution in [0.1, 0.15) is 47.0 Å². The molecular formula is C16H25ClN2OS. The van der Waals surface area contributed by atoms with Crippen molar-refractivity contribution in [3.8, 4) is 0 Å². The Morgan fingerprint density at radius 2 is 2.24 bits per heavy atom. The van der Waals surface area contributed by atoms with Gasteiger partial charge in [0.2, 0.25) is 0 Å². The minimum atomic E-state index is 0. The first kappa shape index (κ1) is 16.8. The third-order valence-electron chi connectivity index (χ3n) is 4.75. The van der Waals surface area contributed by atoms with Crippen LogP contribution >= 0.6 is 23.7 Å². The molecule has 0 aromatic carbocycles. The molecule has 1 fully saturated rings. The Balaban J connectivity index is 0.00000161. The Morgan fingerprint density at radius 1 is 1.43 bits per heavy atom. The van der Waals surface area contributed by atoms with Gasteiger partial charge in [-0.25, -0.2) is 0 Å². The molecule has 1 N–H and O–H groups in total. The molecule has 2 heterocycles. The summed E-state index contributed by atoms with van der Waals surface area (Å²) in [6, 6.07) is 0.460. The average Bonchev–Trinajstić information content (AvgIpc) is 2.89. The summed E-state index contributed by atoms with van der Waals surface area (Å²) in [6.07, 6.45) is 5.76. The maximum absolute atomic E-state index is 12.8. The van der Waals surface area contributed by atoms with Gasteiger partial charge in [-0.3, -0.25) is 4.79 Å². The van der Waals surface area contributed by atoms with Gasteiger partial charge in [0.1, 0.15) is 0 Å². The third kappa shape index (κ3) is 3.43. The highest BCUT2D eigenvalue weighted by Gasteiger charge is 2.28. The van der Waals surface area contributed by atoms with E-state index in [0.717, 1.165) is 43.8 Å². The molecule has 1 aromatic rings. The van der Waals surface area contributed by atoms with Gasteiger partial charge in [-0.2, -0.15) is 0 Å². The van der Waals surface area contributed by atoms with E-state index in [-0.39, 0.29) is 18.3 Å². The van der Waals surface area contributed by atoms with E-state index in [1.807, 2.05) is 11.9 Å². The first-order chi connectivity index (χ1) is 9.69. The largest absolute Gasteiger partial charge is 0.337 e. The average molecular weight is 329 g/mol. The van der Waals surface area contributed by atoms with E-state index in [9.17, 15) is 4.79 Å². The van der Waals surface area contributed by atoms with Crippen molar-refractivity contribution in [3.63, 3.8) is 0 Å². The molecule has 2 atom stereocenters. The summed E-state index contributed by atoms with van der Waals surface area (Å²) in [6.45, 7) is 4.08. The standard InChI is InChI=1S/C16H24N2OS.ClH/c1-11-5-6-13-14(10-20-15(13)8-11)16(19)18-7-3-4-12(9-18)17-2;/h10-12,17H,3-9H2,1-2H3;1H. The van der Waals surface area contributed by atoms with E-state index in [0.29, 0.717) is 6.04 Å². The lowest BCUT2D eigenvalue weighted by Gasteiger charge is -2.33. The van der Waals surface area contributed by atoms with Gasteiger partial charge in [0, 0.05) is 29.4 Å². The SMILES string of the molecule is CNC1CCCN(C(=O)c2csc3c2CCC(C)C3)C1.Cl. The second-order valence-corrected chi connectivity index (χ2v) is 7.24. The first-order valence-electron chi connectivity index (χ1n) is 7.74. The zero-order chi connectivity index (χ0) is 14.1. The monoisotopic (exact) mass is 328 g/mol. The number of hydrogen-bond acceptors (Lipinski definition) is 3. The predicted molar refractivity (Wildman–Crippen MR) is 90.7 cm³/mol. The first-order valence-corrected chi connectivity index (χ1v) is 8.62. The Hall–Kier alpha value is -0.580. The third-order valence-corrected chi connectivity index (χ3v) is 5.80. The van der Waals surface area contributed by atoms with Gasteiger partial charge in [0.05, 0.1) is 5.56 Å². The second-order valence-electron chi connectivity index (χ2n) is 6.28. The van der Waals surface area contributed by atoms with E-state index in [1.165, 1.54) is 23.3 Å². The summed E-state index contributed by atoms with van der Waals surface area (Å²) >= 11 is 1.79. The van der Waals surface area contributed by atoms with Gasteiger partial charge in [-0.1, -0.05) is 6.92 Å². The predicted octanol–water partition coefficient (Wildman–Crippen LogP) is 3.12. The molecule has 5 heteroatoms. The Labute approximate surface area is 137 Å². The molecule has 0 spiro atoms. The summed E-state index contributed by atoms with van der Waals surface area (Å²) in [7, 11) is 1.99. The van der Waals surface area contributed by atoms with Crippen LogP contribution in [0.25, 0.3) is 0 Å². The van der Waals surface area contributed by atoms with Crippen LogP contribution in [-0.2, 0) is 12.8 Å². The Bertz CT molecular complexity index is 502. The highest BCUT2D eigenvalue weighted by molar-refractivity contribution is 7.10. The number of carbonyl (C=O) groups is 1. The fourth-order valence-electron chi connectivity index (χ4n) is 3.42. The van der Waals surface area contributed by atoms with Crippen LogP contribution in [0.15, 0.2) is 5.38 Å². The van der Waals surface area contributed by atoms with Crippen molar-refractivity contribution in [2.45, 2.75) is 45.1 Å². The molecule has 2 unspecified atom stereocenters. The molecule has 1 aromatic heterocycles. The smallest absolute Gasteiger partial charge is 0.255 e. The maximum Gasteiger partial charge on any atom is 0.255 e. The van der Waals surface area contributed by atoms with Gasteiger partial charge in [0.15, 0.2) is 0 Å². The van der Waals surface area contributed by atoms with Gasteiger partial charge >= 0.3 is 0 Å². The van der Waals surface area contributed by atoms with Gasteiger partial charge < -0.3 is 10.2 Å². The summed E-state index contributed by atoms with van der Waals surface area (Å²) in [5.74, 6) is 1.03. The van der Waals surface area contributed by atoms with Crippen molar-refractivity contribution in [2.75, 3.05) is 20.1 Å². The Morgan fingerprint density at radius 3 is 3.00 bits per heavy atom. The molecule has 3 nitrogen and oxygen atoms in total. The second kappa shape index (κ2) is 7.12. The highest BCUT2D eigenvalue weighted by atomic mass is 35.5. The molecule has 118 valence electrons. The van der Waals surface area contributed by atoms with E-state index < -0.39 is 0 Å². The molecule has 0 saturated carbocycles. The van der Waals surface area contributed by atoms with Gasteiger partial charge in [-0.05, 0) is 50.6 Å². The zero-order valence-electron chi connectivity index (χ0n) is 12.9. The number of likely N-dealkylation sites (N-methyl/N-ethyl adjacent to an activating group) is 1. The van der Waals surface area contributed by atoms with Crippen molar-refractivity contribution >= 4 is 29.7 Å². The lowest BCUT2D eigenvalue weighted by atomic mass is 9.88. The fourth-order valence-corrected chi connectivity index (χ4v) is 4.66. The van der Waals surface area contributed by atoms with Crippen molar-refractivity contribution in [1.29, 1.82) is 0 Å². The van der Waals surface area contributed by atoms with E-state index >= 15 is 0 Å². The van der Waals surface area contributed by atoms with E-state index in [2.05, 4.69) is 17.6 Å². The van der Waals surface area contributed by atoms with Crippen LogP contribution in [0.5, 0.6) is 0 Å². The topological polar surface area (TPSA) is 32.3 Å². The number of likely N-dealkylation sites (tertiary alicyclic amines) is 1. The molecular weight excluding hydrogens is 304 g/mol. The Kier molecular flexibility index (Phi) is 5.69. The number of hydrogen-bond donors (Lipinski definition) is 1. The number of fused-ring (bicyclic) bond motifs is 1. The number of nitrogens with zero attached hydrogens (tertiary/aromatic N) is 1. The van der Waals surface area contributed by atoms with Crippen molar-refractivity contribution in [3.05, 3.63) is 21.4 Å². The molecule has 1 aliphatic carbocycles. The molecule has 21 heavy (non-hydrogen) atoms. The van der Waals surface area contributed by atoms with Crippen LogP contribution in [-0.4, -0.2) is 37.0 Å². The van der Waals surface area contributed by atoms with Crippen LogP contribution < -0.4 is 5.32 Å². The number of rotatable bonds is 2. The number of thiophene rings is 1. The van der Waals surface area contributed by atoms with Crippen LogP contribution in [0.2, 0.25) is 0 Å². The number of halogens is 1. The molecule has 0 bridgehead atoms. The molecule has 3 rings (SSSR count). The highest BCUT2D eigenvalue weighted by Crippen LogP contribution is 2.33. The summed E-state index contributed by atoms with van der Waals surface area (Å²) in [4.78, 5) is 16.3. The van der Waals surface area contributed by atoms with E-state index in [1.54, 1.807) is 11.3 Å². The minimum Gasteiger partial charge on any atom is -0.337 e. The summed E-state index contributed by atoms with van der Waals surface area (Å²) < 4.78 is 0. The molecule has 1 saturated heterocycles. The normalized spacial score (nSPS) is 25.1. The molecule has 1 amide bonds. The van der Waals surface area contributed by atoms with Crippen molar-refractivity contribution in [1.82, 2.24) is 10.2 Å². The summed E-state index contributed by atoms with van der Waals surface area (Å²) in [5.41, 5.74) is 2.35. The molecule has 2 aliphatic rings. The number of nitrogens with one attached hydrogen (secondary N) is 1. The van der Waals surface area contributed by atoms with Gasteiger partial charge in [-0.15, -0.1) is 23.7 Å². The van der Waals surface area contributed by atoms with Crippen molar-refractivity contribution < 1.29 is 4.79 Å². The minimum absolute atomic E-state index is 0. The van der Waals surface area contributed by atoms with Crippen LogP contribution in [0.4, 0.5) is 0 Å². The number of amides is 1. The quantitative estimate of drug-likeness (QED) is 0.904. The maximum atomic E-state index is 12.8. The summed E-state index contributed by atoms with van der Waals surface area (Å²) in [5, 5.41) is 5.42. The zero-order valence-corrected chi connectivity index (χ0v) is 14.5. The van der Waals surface area contributed by atoms with Crippen LogP contribution in [0.3, 0.4) is 0 Å². The fraction of sp³-hybridized carbons (Fsp3) is 0.688. The van der Waals surface area contributed by atoms with E-state index in [4.69, 9.17) is 0 Å².